The molecule has 0 bridgehead atoms. The zero-order valence-electron chi connectivity index (χ0n) is 9.83. The van der Waals surface area contributed by atoms with Gasteiger partial charge in [-0.25, -0.2) is 9.97 Å². The Balaban J connectivity index is 2.07. The zero-order chi connectivity index (χ0) is 12.3. The first-order valence-corrected chi connectivity index (χ1v) is 6.75. The predicted molar refractivity (Wildman–Crippen MR) is 72.8 cm³/mol. The van der Waals surface area contributed by atoms with Crippen LogP contribution in [0.5, 0.6) is 0 Å². The van der Waals surface area contributed by atoms with Gasteiger partial charge in [-0.05, 0) is 30.4 Å². The molecule has 5 heteroatoms. The van der Waals surface area contributed by atoms with Crippen molar-refractivity contribution >= 4 is 28.8 Å². The van der Waals surface area contributed by atoms with Gasteiger partial charge in [-0.2, -0.15) is 0 Å². The summed E-state index contributed by atoms with van der Waals surface area (Å²) in [5.74, 6) is 1.46. The summed E-state index contributed by atoms with van der Waals surface area (Å²) in [4.78, 5) is 9.66. The van der Waals surface area contributed by atoms with E-state index in [1.807, 2.05) is 6.92 Å². The highest BCUT2D eigenvalue weighted by atomic mass is 35.5. The lowest BCUT2D eigenvalue weighted by Gasteiger charge is -2.06. The van der Waals surface area contributed by atoms with Gasteiger partial charge in [-0.15, -0.1) is 11.3 Å². The third-order valence-electron chi connectivity index (χ3n) is 2.46. The fourth-order valence-corrected chi connectivity index (χ4v) is 2.77. The van der Waals surface area contributed by atoms with E-state index in [1.165, 1.54) is 10.4 Å². The van der Waals surface area contributed by atoms with E-state index >= 15 is 0 Å². The number of aromatic nitrogens is 2. The molecule has 0 aliphatic carbocycles. The van der Waals surface area contributed by atoms with Crippen LogP contribution >= 0.6 is 22.9 Å². The third kappa shape index (κ3) is 3.17. The normalized spacial score (nSPS) is 10.5. The van der Waals surface area contributed by atoms with Crippen molar-refractivity contribution in [2.75, 3.05) is 5.32 Å². The number of halogens is 1. The van der Waals surface area contributed by atoms with Gasteiger partial charge in [0, 0.05) is 10.9 Å². The van der Waals surface area contributed by atoms with Crippen LogP contribution in [-0.4, -0.2) is 9.97 Å². The van der Waals surface area contributed by atoms with Crippen LogP contribution in [0.25, 0.3) is 0 Å². The Morgan fingerprint density at radius 2 is 2.24 bits per heavy atom. The molecular formula is C12H14ClN3S. The number of anilines is 1. The Morgan fingerprint density at radius 1 is 1.41 bits per heavy atom. The van der Waals surface area contributed by atoms with E-state index in [0.29, 0.717) is 11.0 Å². The van der Waals surface area contributed by atoms with Crippen LogP contribution in [0.2, 0.25) is 5.15 Å². The molecule has 0 saturated heterocycles. The maximum absolute atomic E-state index is 5.88. The number of nitrogens with zero attached hydrogens (tertiary/aromatic N) is 2. The van der Waals surface area contributed by atoms with Gasteiger partial charge in [-0.1, -0.05) is 18.5 Å². The molecular weight excluding hydrogens is 254 g/mol. The second-order valence-electron chi connectivity index (χ2n) is 3.70. The van der Waals surface area contributed by atoms with Crippen LogP contribution in [0.1, 0.15) is 23.2 Å². The van der Waals surface area contributed by atoms with E-state index in [9.17, 15) is 0 Å². The van der Waals surface area contributed by atoms with Gasteiger partial charge < -0.3 is 5.32 Å². The van der Waals surface area contributed by atoms with Gasteiger partial charge in [-0.3, -0.25) is 0 Å². The van der Waals surface area contributed by atoms with E-state index < -0.39 is 0 Å². The van der Waals surface area contributed by atoms with Crippen molar-refractivity contribution in [2.24, 2.45) is 0 Å². The second-order valence-corrected chi connectivity index (χ2v) is 5.09. The highest BCUT2D eigenvalue weighted by Gasteiger charge is 2.04. The van der Waals surface area contributed by atoms with Gasteiger partial charge in [0.2, 0.25) is 0 Å². The first-order valence-electron chi connectivity index (χ1n) is 5.49. The molecule has 0 aliphatic heterocycles. The number of thiophene rings is 1. The molecule has 0 radical (unpaired) electrons. The number of hydrogen-bond donors (Lipinski definition) is 1. The van der Waals surface area contributed by atoms with Crippen molar-refractivity contribution in [1.82, 2.24) is 9.97 Å². The highest BCUT2D eigenvalue weighted by Crippen LogP contribution is 2.19. The molecule has 3 nitrogen and oxygen atoms in total. The Bertz CT molecular complexity index is 490. The molecule has 0 spiro atoms. The van der Waals surface area contributed by atoms with Gasteiger partial charge in [0.05, 0.1) is 6.54 Å². The first-order chi connectivity index (χ1) is 8.19. The lowest BCUT2D eigenvalue weighted by atomic mass is 10.2. The van der Waals surface area contributed by atoms with Crippen molar-refractivity contribution in [1.29, 1.82) is 0 Å². The van der Waals surface area contributed by atoms with Crippen LogP contribution in [0.4, 0.5) is 5.82 Å². The minimum Gasteiger partial charge on any atom is -0.365 e. The van der Waals surface area contributed by atoms with Gasteiger partial charge >= 0.3 is 0 Å². The fourth-order valence-electron chi connectivity index (χ4n) is 1.63. The summed E-state index contributed by atoms with van der Waals surface area (Å²) in [6, 6.07) is 3.91. The van der Waals surface area contributed by atoms with Gasteiger partial charge in [0.1, 0.15) is 16.8 Å². The minimum absolute atomic E-state index is 0.474. The lowest BCUT2D eigenvalue weighted by Crippen LogP contribution is -2.03. The quantitative estimate of drug-likeness (QED) is 0.859. The van der Waals surface area contributed by atoms with Gasteiger partial charge in [0.25, 0.3) is 0 Å². The fraction of sp³-hybridized carbons (Fsp3) is 0.333. The monoisotopic (exact) mass is 267 g/mol. The molecule has 90 valence electrons. The van der Waals surface area contributed by atoms with Crippen LogP contribution in [0.3, 0.4) is 0 Å². The van der Waals surface area contributed by atoms with E-state index in [-0.39, 0.29) is 0 Å². The molecule has 0 aliphatic rings. The maximum Gasteiger partial charge on any atom is 0.134 e. The molecule has 0 aromatic carbocycles. The van der Waals surface area contributed by atoms with E-state index in [0.717, 1.165) is 18.8 Å². The Hall–Kier alpha value is -1.13. The summed E-state index contributed by atoms with van der Waals surface area (Å²) < 4.78 is 0. The van der Waals surface area contributed by atoms with E-state index in [1.54, 1.807) is 17.4 Å². The molecule has 2 aromatic heterocycles. The minimum atomic E-state index is 0.474. The van der Waals surface area contributed by atoms with Crippen molar-refractivity contribution in [3.8, 4) is 0 Å². The van der Waals surface area contributed by atoms with Crippen LogP contribution in [0, 0.1) is 6.92 Å². The molecule has 2 aromatic rings. The topological polar surface area (TPSA) is 37.8 Å². The molecule has 2 rings (SSSR count). The van der Waals surface area contributed by atoms with Crippen LogP contribution in [-0.2, 0) is 13.0 Å². The molecule has 0 atom stereocenters. The molecule has 0 unspecified atom stereocenters. The molecule has 2 heterocycles. The summed E-state index contributed by atoms with van der Waals surface area (Å²) >= 11 is 7.64. The molecule has 0 amide bonds. The number of nitrogens with one attached hydrogen (secondary N) is 1. The largest absolute Gasteiger partial charge is 0.365 e. The number of rotatable bonds is 4. The zero-order valence-corrected chi connectivity index (χ0v) is 11.4. The summed E-state index contributed by atoms with van der Waals surface area (Å²) in [7, 11) is 0. The Morgan fingerprint density at radius 3 is 2.94 bits per heavy atom. The van der Waals surface area contributed by atoms with Crippen molar-refractivity contribution < 1.29 is 0 Å². The lowest BCUT2D eigenvalue weighted by molar-refractivity contribution is 1.02. The Labute approximate surface area is 110 Å². The molecule has 17 heavy (non-hydrogen) atoms. The summed E-state index contributed by atoms with van der Waals surface area (Å²) in [5.41, 5.74) is 1.39. The number of aryl methyl sites for hydroxylation is 2. The Kier molecular flexibility index (Phi) is 3.97. The molecule has 0 saturated carbocycles. The summed E-state index contributed by atoms with van der Waals surface area (Å²) in [6.07, 6.45) is 1.06. The number of hydrogen-bond acceptors (Lipinski definition) is 4. The van der Waals surface area contributed by atoms with Crippen molar-refractivity contribution in [3.05, 3.63) is 38.9 Å². The highest BCUT2D eigenvalue weighted by molar-refractivity contribution is 7.10. The van der Waals surface area contributed by atoms with Crippen LogP contribution in [0.15, 0.2) is 17.5 Å². The van der Waals surface area contributed by atoms with E-state index in [2.05, 4.69) is 33.7 Å². The average Bonchev–Trinajstić information content (AvgIpc) is 2.72. The first kappa shape index (κ1) is 12.3. The average molecular weight is 268 g/mol. The van der Waals surface area contributed by atoms with E-state index in [4.69, 9.17) is 11.6 Å². The molecule has 1 N–H and O–H groups in total. The van der Waals surface area contributed by atoms with Crippen LogP contribution < -0.4 is 5.32 Å². The second kappa shape index (κ2) is 5.47. The summed E-state index contributed by atoms with van der Waals surface area (Å²) in [5, 5.41) is 5.87. The maximum atomic E-state index is 5.88. The SMILES string of the molecule is CCc1ccsc1CNc1cc(Cl)nc(C)n1. The standard InChI is InChI=1S/C12H14ClN3S/c1-3-9-4-5-17-10(9)7-14-12-6-11(13)15-8(2)16-12/h4-6H,3,7H2,1-2H3,(H,14,15,16). The smallest absolute Gasteiger partial charge is 0.134 e. The van der Waals surface area contributed by atoms with Gasteiger partial charge in [0.15, 0.2) is 0 Å². The van der Waals surface area contributed by atoms with Crippen molar-refractivity contribution in [3.63, 3.8) is 0 Å². The predicted octanol–water partition coefficient (Wildman–Crippen LogP) is 3.67. The molecule has 0 fully saturated rings. The summed E-state index contributed by atoms with van der Waals surface area (Å²) in [6.45, 7) is 4.78. The third-order valence-corrected chi connectivity index (χ3v) is 3.61. The van der Waals surface area contributed by atoms with Crippen molar-refractivity contribution in [2.45, 2.75) is 26.8 Å².